The molecule has 0 bridgehead atoms. The zero-order chi connectivity index (χ0) is 15.1. The zero-order valence-corrected chi connectivity index (χ0v) is 13.5. The summed E-state index contributed by atoms with van der Waals surface area (Å²) in [5.74, 6) is 0.288. The van der Waals surface area contributed by atoms with Crippen molar-refractivity contribution >= 4 is 10.0 Å². The molecule has 4 nitrogen and oxygen atoms in total. The van der Waals surface area contributed by atoms with Gasteiger partial charge in [-0.25, -0.2) is 8.42 Å². The molecular weight excluding hydrogens is 272 g/mol. The third-order valence-corrected chi connectivity index (χ3v) is 6.62. The standard InChI is InChI=1S/C15H24N2O2S/c1-10-7-11(2)13(4)15(12(10)3)20(18,19)17-6-5-14(8-16)9-17/h7,14H,5-6,8-9,16H2,1-4H3. The van der Waals surface area contributed by atoms with Crippen LogP contribution in [0.1, 0.15) is 28.7 Å². The second-order valence-corrected chi connectivity index (χ2v) is 7.72. The number of nitrogens with two attached hydrogens (primary N) is 1. The summed E-state index contributed by atoms with van der Waals surface area (Å²) < 4.78 is 27.5. The molecule has 1 saturated heterocycles. The van der Waals surface area contributed by atoms with Crippen LogP contribution >= 0.6 is 0 Å². The van der Waals surface area contributed by atoms with Gasteiger partial charge in [-0.05, 0) is 68.8 Å². The number of rotatable bonds is 3. The molecule has 2 rings (SSSR count). The number of nitrogens with zero attached hydrogens (tertiary/aromatic N) is 1. The molecule has 20 heavy (non-hydrogen) atoms. The Kier molecular flexibility index (Phi) is 4.23. The molecule has 0 spiro atoms. The number of aryl methyl sites for hydroxylation is 2. The first kappa shape index (κ1) is 15.5. The highest BCUT2D eigenvalue weighted by Crippen LogP contribution is 2.31. The van der Waals surface area contributed by atoms with Crippen LogP contribution in [-0.4, -0.2) is 32.4 Å². The van der Waals surface area contributed by atoms with Crippen molar-refractivity contribution in [3.8, 4) is 0 Å². The molecule has 5 heteroatoms. The minimum absolute atomic E-state index is 0.288. The molecule has 0 amide bonds. The molecule has 2 N–H and O–H groups in total. The highest BCUT2D eigenvalue weighted by atomic mass is 32.2. The summed E-state index contributed by atoms with van der Waals surface area (Å²) in [6.07, 6.45) is 0.860. The smallest absolute Gasteiger partial charge is 0.243 e. The average Bonchev–Trinajstić information content (AvgIpc) is 2.86. The molecule has 1 heterocycles. The highest BCUT2D eigenvalue weighted by Gasteiger charge is 2.34. The molecule has 1 aromatic rings. The highest BCUT2D eigenvalue weighted by molar-refractivity contribution is 7.89. The number of sulfonamides is 1. The molecule has 0 aliphatic carbocycles. The lowest BCUT2D eigenvalue weighted by Gasteiger charge is -2.21. The van der Waals surface area contributed by atoms with Crippen molar-refractivity contribution in [1.82, 2.24) is 4.31 Å². The topological polar surface area (TPSA) is 63.4 Å². The summed E-state index contributed by atoms with van der Waals surface area (Å²) in [5, 5.41) is 0. The summed E-state index contributed by atoms with van der Waals surface area (Å²) in [5.41, 5.74) is 9.45. The van der Waals surface area contributed by atoms with Crippen LogP contribution < -0.4 is 5.73 Å². The molecule has 0 aromatic heterocycles. The van der Waals surface area contributed by atoms with E-state index in [-0.39, 0.29) is 5.92 Å². The van der Waals surface area contributed by atoms with Crippen molar-refractivity contribution in [2.75, 3.05) is 19.6 Å². The normalized spacial score (nSPS) is 20.6. The molecule has 1 unspecified atom stereocenters. The van der Waals surface area contributed by atoms with Crippen molar-refractivity contribution < 1.29 is 8.42 Å². The molecule has 112 valence electrons. The van der Waals surface area contributed by atoms with Crippen LogP contribution in [0, 0.1) is 33.6 Å². The van der Waals surface area contributed by atoms with Crippen LogP contribution in [0.5, 0.6) is 0 Å². The minimum atomic E-state index is -3.41. The molecule has 1 aliphatic rings. The van der Waals surface area contributed by atoms with Gasteiger partial charge in [-0.3, -0.25) is 0 Å². The first-order chi connectivity index (χ1) is 9.28. The van der Waals surface area contributed by atoms with E-state index in [1.807, 2.05) is 27.7 Å². The maximum absolute atomic E-state index is 12.9. The Hall–Kier alpha value is -0.910. The fourth-order valence-electron chi connectivity index (χ4n) is 2.90. The SMILES string of the molecule is Cc1cc(C)c(C)c(S(=O)(=O)N2CCC(CN)C2)c1C. The first-order valence-electron chi connectivity index (χ1n) is 7.06. The van der Waals surface area contributed by atoms with Gasteiger partial charge in [0.05, 0.1) is 4.90 Å². The summed E-state index contributed by atoms with van der Waals surface area (Å²) in [6.45, 7) is 9.40. The maximum Gasteiger partial charge on any atom is 0.243 e. The van der Waals surface area contributed by atoms with Gasteiger partial charge < -0.3 is 5.73 Å². The third kappa shape index (κ3) is 2.50. The number of hydrogen-bond acceptors (Lipinski definition) is 3. The van der Waals surface area contributed by atoms with E-state index < -0.39 is 10.0 Å². The second kappa shape index (κ2) is 5.47. The van der Waals surface area contributed by atoms with Gasteiger partial charge in [-0.1, -0.05) is 6.07 Å². The molecular formula is C15H24N2O2S. The Morgan fingerprint density at radius 3 is 2.20 bits per heavy atom. The minimum Gasteiger partial charge on any atom is -0.330 e. The summed E-state index contributed by atoms with van der Waals surface area (Å²) >= 11 is 0. The average molecular weight is 296 g/mol. The van der Waals surface area contributed by atoms with Crippen LogP contribution in [-0.2, 0) is 10.0 Å². The Morgan fingerprint density at radius 2 is 1.75 bits per heavy atom. The second-order valence-electron chi connectivity index (χ2n) is 5.84. The van der Waals surface area contributed by atoms with Crippen LogP contribution in [0.25, 0.3) is 0 Å². The van der Waals surface area contributed by atoms with Crippen LogP contribution in [0.4, 0.5) is 0 Å². The van der Waals surface area contributed by atoms with E-state index in [0.717, 1.165) is 28.7 Å². The van der Waals surface area contributed by atoms with E-state index in [2.05, 4.69) is 6.07 Å². The van der Waals surface area contributed by atoms with Crippen LogP contribution in [0.3, 0.4) is 0 Å². The summed E-state index contributed by atoms with van der Waals surface area (Å²) in [7, 11) is -3.41. The maximum atomic E-state index is 12.9. The third-order valence-electron chi connectivity index (χ3n) is 4.48. The van der Waals surface area contributed by atoms with Crippen molar-refractivity contribution in [3.05, 3.63) is 28.3 Å². The van der Waals surface area contributed by atoms with Gasteiger partial charge in [0, 0.05) is 13.1 Å². The lowest BCUT2D eigenvalue weighted by atomic mass is 10.0. The van der Waals surface area contributed by atoms with Crippen molar-refractivity contribution in [2.24, 2.45) is 11.7 Å². The van der Waals surface area contributed by atoms with Gasteiger partial charge in [0.25, 0.3) is 0 Å². The zero-order valence-electron chi connectivity index (χ0n) is 12.7. The quantitative estimate of drug-likeness (QED) is 0.926. The van der Waals surface area contributed by atoms with E-state index >= 15 is 0 Å². The van der Waals surface area contributed by atoms with Gasteiger partial charge in [-0.15, -0.1) is 0 Å². The fourth-order valence-corrected chi connectivity index (χ4v) is 5.01. The molecule has 1 aliphatic heterocycles. The van der Waals surface area contributed by atoms with Gasteiger partial charge in [0.2, 0.25) is 10.0 Å². The molecule has 0 radical (unpaired) electrons. The summed E-state index contributed by atoms with van der Waals surface area (Å²) in [6, 6.07) is 2.05. The number of benzene rings is 1. The fraction of sp³-hybridized carbons (Fsp3) is 0.600. The molecule has 1 atom stereocenters. The van der Waals surface area contributed by atoms with E-state index in [4.69, 9.17) is 5.73 Å². The van der Waals surface area contributed by atoms with Gasteiger partial charge in [0.15, 0.2) is 0 Å². The molecule has 1 aromatic carbocycles. The molecule has 1 fully saturated rings. The lowest BCUT2D eigenvalue weighted by Crippen LogP contribution is -2.31. The van der Waals surface area contributed by atoms with Gasteiger partial charge in [0.1, 0.15) is 0 Å². The first-order valence-corrected chi connectivity index (χ1v) is 8.50. The van der Waals surface area contributed by atoms with Crippen LogP contribution in [0.2, 0.25) is 0 Å². The largest absolute Gasteiger partial charge is 0.330 e. The van der Waals surface area contributed by atoms with E-state index in [1.54, 1.807) is 4.31 Å². The van der Waals surface area contributed by atoms with Gasteiger partial charge in [-0.2, -0.15) is 4.31 Å². The van der Waals surface area contributed by atoms with Crippen molar-refractivity contribution in [3.63, 3.8) is 0 Å². The lowest BCUT2D eigenvalue weighted by molar-refractivity contribution is 0.458. The van der Waals surface area contributed by atoms with Crippen molar-refractivity contribution in [1.29, 1.82) is 0 Å². The Bertz CT molecular complexity index is 597. The Morgan fingerprint density at radius 1 is 1.20 bits per heavy atom. The Labute approximate surface area is 122 Å². The van der Waals surface area contributed by atoms with E-state index in [9.17, 15) is 8.42 Å². The predicted molar refractivity (Wildman–Crippen MR) is 81.3 cm³/mol. The monoisotopic (exact) mass is 296 g/mol. The summed E-state index contributed by atoms with van der Waals surface area (Å²) in [4.78, 5) is 0.493. The van der Waals surface area contributed by atoms with E-state index in [0.29, 0.717) is 24.5 Å². The van der Waals surface area contributed by atoms with E-state index in [1.165, 1.54) is 0 Å². The van der Waals surface area contributed by atoms with Gasteiger partial charge >= 0.3 is 0 Å². The molecule has 0 saturated carbocycles. The number of hydrogen-bond donors (Lipinski definition) is 1. The van der Waals surface area contributed by atoms with Crippen LogP contribution in [0.15, 0.2) is 11.0 Å². The van der Waals surface area contributed by atoms with Crippen molar-refractivity contribution in [2.45, 2.75) is 39.0 Å². The predicted octanol–water partition coefficient (Wildman–Crippen LogP) is 1.89. The Balaban J connectivity index is 2.51.